The zero-order chi connectivity index (χ0) is 24.2. The first-order valence-corrected chi connectivity index (χ1v) is 11.7. The summed E-state index contributed by atoms with van der Waals surface area (Å²) in [6.45, 7) is 0.408. The molecule has 4 aromatic carbocycles. The predicted molar refractivity (Wildman–Crippen MR) is 142 cm³/mol. The summed E-state index contributed by atoms with van der Waals surface area (Å²) in [5.41, 5.74) is 7.81. The van der Waals surface area contributed by atoms with Gasteiger partial charge in [-0.25, -0.2) is 9.80 Å². The minimum Gasteiger partial charge on any atom is -0.457 e. The Morgan fingerprint density at radius 3 is 1.94 bits per heavy atom. The number of hydrazine groups is 1. The predicted octanol–water partition coefficient (Wildman–Crippen LogP) is 7.71. The van der Waals surface area contributed by atoms with Crippen molar-refractivity contribution in [2.75, 3.05) is 11.9 Å². The van der Waals surface area contributed by atoms with Gasteiger partial charge >= 0.3 is 6.03 Å². The maximum atomic E-state index is 13.1. The average Bonchev–Trinajstić information content (AvgIpc) is 3.33. The largest absolute Gasteiger partial charge is 0.457 e. The lowest BCUT2D eigenvalue weighted by atomic mass is 10.0. The van der Waals surface area contributed by atoms with Crippen LogP contribution in [0.5, 0.6) is 11.5 Å². The van der Waals surface area contributed by atoms with Crippen LogP contribution in [0.2, 0.25) is 10.0 Å². The van der Waals surface area contributed by atoms with Crippen LogP contribution in [0.1, 0.15) is 11.1 Å². The van der Waals surface area contributed by atoms with Crippen molar-refractivity contribution in [2.45, 2.75) is 0 Å². The van der Waals surface area contributed by atoms with E-state index < -0.39 is 0 Å². The van der Waals surface area contributed by atoms with E-state index in [9.17, 15) is 4.79 Å². The standard InChI is InChI=1S/C28H21Cl2N3O2/c29-21-8-6-20(7-9-21)27-26(19-4-2-1-3-5-19)18-33(32-27)28(34)31-23-12-16-25(17-13-23)35-24-14-10-22(30)11-15-24/h1-17,32H,18H2,(H,31,34). The van der Waals surface area contributed by atoms with Crippen molar-refractivity contribution in [3.63, 3.8) is 0 Å². The van der Waals surface area contributed by atoms with E-state index in [-0.39, 0.29) is 6.03 Å². The van der Waals surface area contributed by atoms with Gasteiger partial charge < -0.3 is 10.1 Å². The van der Waals surface area contributed by atoms with E-state index in [1.54, 1.807) is 53.5 Å². The van der Waals surface area contributed by atoms with Crippen molar-refractivity contribution in [3.8, 4) is 11.5 Å². The lowest BCUT2D eigenvalue weighted by Gasteiger charge is -2.19. The molecule has 2 amide bonds. The monoisotopic (exact) mass is 501 g/mol. The molecule has 0 bridgehead atoms. The Balaban J connectivity index is 1.29. The molecule has 0 radical (unpaired) electrons. The molecule has 0 saturated carbocycles. The first-order valence-electron chi connectivity index (χ1n) is 11.0. The number of nitrogens with zero attached hydrogens (tertiary/aromatic N) is 1. The Hall–Kier alpha value is -3.93. The van der Waals surface area contributed by atoms with Crippen LogP contribution in [-0.2, 0) is 0 Å². The lowest BCUT2D eigenvalue weighted by Crippen LogP contribution is -2.40. The Labute approximate surface area is 213 Å². The molecule has 35 heavy (non-hydrogen) atoms. The van der Waals surface area contributed by atoms with E-state index in [4.69, 9.17) is 27.9 Å². The number of rotatable bonds is 5. The van der Waals surface area contributed by atoms with Gasteiger partial charge in [0.25, 0.3) is 0 Å². The van der Waals surface area contributed by atoms with Crippen LogP contribution < -0.4 is 15.5 Å². The van der Waals surface area contributed by atoms with Crippen LogP contribution in [0.15, 0.2) is 103 Å². The van der Waals surface area contributed by atoms with Gasteiger partial charge in [0.1, 0.15) is 11.5 Å². The molecule has 5 nitrogen and oxygen atoms in total. The second kappa shape index (κ2) is 10.1. The fourth-order valence-corrected chi connectivity index (χ4v) is 4.02. The fraction of sp³-hybridized carbons (Fsp3) is 0.0357. The molecule has 1 aliphatic rings. The lowest BCUT2D eigenvalue weighted by molar-refractivity contribution is 0.210. The Morgan fingerprint density at radius 1 is 0.743 bits per heavy atom. The van der Waals surface area contributed by atoms with Gasteiger partial charge in [-0.3, -0.25) is 5.43 Å². The Bertz CT molecular complexity index is 1350. The average molecular weight is 502 g/mol. The molecular formula is C28H21Cl2N3O2. The molecule has 2 N–H and O–H groups in total. The number of carbonyl (C=O) groups is 1. The molecule has 1 heterocycles. The van der Waals surface area contributed by atoms with Crippen molar-refractivity contribution in [1.82, 2.24) is 10.4 Å². The van der Waals surface area contributed by atoms with Crippen molar-refractivity contribution < 1.29 is 9.53 Å². The Morgan fingerprint density at radius 2 is 1.31 bits per heavy atom. The SMILES string of the molecule is O=C(Nc1ccc(Oc2ccc(Cl)cc2)cc1)N1CC(c2ccccc2)=C(c2ccc(Cl)cc2)N1. The van der Waals surface area contributed by atoms with Gasteiger partial charge in [-0.15, -0.1) is 0 Å². The summed E-state index contributed by atoms with van der Waals surface area (Å²) >= 11 is 12.0. The van der Waals surface area contributed by atoms with Crippen LogP contribution in [0.3, 0.4) is 0 Å². The second-order valence-corrected chi connectivity index (χ2v) is 8.81. The highest BCUT2D eigenvalue weighted by atomic mass is 35.5. The van der Waals surface area contributed by atoms with Crippen LogP contribution >= 0.6 is 23.2 Å². The molecule has 1 aliphatic heterocycles. The smallest absolute Gasteiger partial charge is 0.340 e. The molecule has 0 fully saturated rings. The van der Waals surface area contributed by atoms with Crippen molar-refractivity contribution >= 4 is 46.2 Å². The molecule has 174 valence electrons. The summed E-state index contributed by atoms with van der Waals surface area (Å²) in [5.74, 6) is 1.34. The van der Waals surface area contributed by atoms with Crippen LogP contribution in [0.4, 0.5) is 10.5 Å². The van der Waals surface area contributed by atoms with Crippen molar-refractivity contribution in [1.29, 1.82) is 0 Å². The number of hydrogen-bond donors (Lipinski definition) is 2. The number of urea groups is 1. The number of ether oxygens (including phenoxy) is 1. The summed E-state index contributed by atoms with van der Waals surface area (Å²) in [6.07, 6.45) is 0. The third kappa shape index (κ3) is 5.43. The number of benzene rings is 4. The molecule has 4 aromatic rings. The fourth-order valence-electron chi connectivity index (χ4n) is 3.77. The van der Waals surface area contributed by atoms with E-state index in [2.05, 4.69) is 10.7 Å². The summed E-state index contributed by atoms with van der Waals surface area (Å²) in [6, 6.07) is 31.6. The van der Waals surface area contributed by atoms with E-state index in [0.717, 1.165) is 22.4 Å². The summed E-state index contributed by atoms with van der Waals surface area (Å²) < 4.78 is 5.82. The first-order chi connectivity index (χ1) is 17.0. The van der Waals surface area contributed by atoms with E-state index >= 15 is 0 Å². The molecule has 5 rings (SSSR count). The third-order valence-electron chi connectivity index (χ3n) is 5.52. The minimum atomic E-state index is -0.270. The highest BCUT2D eigenvalue weighted by Gasteiger charge is 2.27. The van der Waals surface area contributed by atoms with Crippen molar-refractivity contribution in [3.05, 3.63) is 124 Å². The first kappa shape index (κ1) is 22.8. The molecule has 0 aliphatic carbocycles. The van der Waals surface area contributed by atoms with E-state index in [1.165, 1.54) is 0 Å². The van der Waals surface area contributed by atoms with Crippen LogP contribution in [0.25, 0.3) is 11.3 Å². The molecule has 0 saturated heterocycles. The number of amides is 2. The second-order valence-electron chi connectivity index (χ2n) is 7.93. The normalized spacial score (nSPS) is 12.9. The van der Waals surface area contributed by atoms with Gasteiger partial charge in [-0.05, 0) is 71.8 Å². The van der Waals surface area contributed by atoms with Gasteiger partial charge in [0, 0.05) is 21.3 Å². The maximum absolute atomic E-state index is 13.1. The van der Waals surface area contributed by atoms with Crippen molar-refractivity contribution in [2.24, 2.45) is 0 Å². The van der Waals surface area contributed by atoms with Gasteiger partial charge in [-0.1, -0.05) is 65.7 Å². The number of nitrogens with one attached hydrogen (secondary N) is 2. The van der Waals surface area contributed by atoms with Gasteiger partial charge in [0.2, 0.25) is 0 Å². The molecule has 0 spiro atoms. The third-order valence-corrected chi connectivity index (χ3v) is 6.02. The highest BCUT2D eigenvalue weighted by Crippen LogP contribution is 2.31. The molecule has 0 unspecified atom stereocenters. The van der Waals surface area contributed by atoms with Crippen LogP contribution in [-0.4, -0.2) is 17.6 Å². The molecule has 0 aromatic heterocycles. The molecule has 0 atom stereocenters. The summed E-state index contributed by atoms with van der Waals surface area (Å²) in [7, 11) is 0. The molecular weight excluding hydrogens is 481 g/mol. The highest BCUT2D eigenvalue weighted by molar-refractivity contribution is 6.30. The maximum Gasteiger partial charge on any atom is 0.340 e. The van der Waals surface area contributed by atoms with Crippen LogP contribution in [0, 0.1) is 0 Å². The van der Waals surface area contributed by atoms with Gasteiger partial charge in [-0.2, -0.15) is 0 Å². The van der Waals surface area contributed by atoms with E-state index in [0.29, 0.717) is 33.8 Å². The van der Waals surface area contributed by atoms with Gasteiger partial charge in [0.15, 0.2) is 0 Å². The zero-order valence-corrected chi connectivity index (χ0v) is 20.1. The topological polar surface area (TPSA) is 53.6 Å². The Kier molecular flexibility index (Phi) is 6.62. The summed E-state index contributed by atoms with van der Waals surface area (Å²) in [4.78, 5) is 13.1. The number of halogens is 2. The molecule has 7 heteroatoms. The number of carbonyl (C=O) groups excluding carboxylic acids is 1. The van der Waals surface area contributed by atoms with Gasteiger partial charge in [0.05, 0.1) is 12.2 Å². The number of anilines is 1. The quantitative estimate of drug-likeness (QED) is 0.294. The number of hydrogen-bond acceptors (Lipinski definition) is 3. The zero-order valence-electron chi connectivity index (χ0n) is 18.5. The summed E-state index contributed by atoms with van der Waals surface area (Å²) in [5, 5.41) is 5.81. The van der Waals surface area contributed by atoms with E-state index in [1.807, 2.05) is 54.6 Å². The minimum absolute atomic E-state index is 0.270.